The van der Waals surface area contributed by atoms with Gasteiger partial charge in [0.05, 0.1) is 28.5 Å². The van der Waals surface area contributed by atoms with E-state index in [0.29, 0.717) is 12.2 Å². The number of aliphatic hydroxyl groups is 1. The molecule has 0 aromatic heterocycles. The Labute approximate surface area is 172 Å². The first-order valence-corrected chi connectivity index (χ1v) is 11.2. The lowest BCUT2D eigenvalue weighted by atomic mass is 9.56. The molecule has 28 heavy (non-hydrogen) atoms. The van der Waals surface area contributed by atoms with Crippen molar-refractivity contribution in [1.29, 1.82) is 0 Å². The van der Waals surface area contributed by atoms with E-state index in [9.17, 15) is 5.11 Å². The maximum absolute atomic E-state index is 11.4. The van der Waals surface area contributed by atoms with Gasteiger partial charge in [0.1, 0.15) is 0 Å². The first-order valence-electron chi connectivity index (χ1n) is 11.2. The summed E-state index contributed by atoms with van der Waals surface area (Å²) in [6.45, 7) is 16.5. The molecule has 1 aliphatic carbocycles. The lowest BCUT2D eigenvalue weighted by Crippen LogP contribution is -2.41. The van der Waals surface area contributed by atoms with Crippen molar-refractivity contribution in [3.05, 3.63) is 0 Å². The molecule has 0 aromatic rings. The molecule has 2 atom stereocenters. The highest BCUT2D eigenvalue weighted by molar-refractivity contribution is 6.53. The van der Waals surface area contributed by atoms with Crippen molar-refractivity contribution in [3.8, 4) is 0 Å². The minimum Gasteiger partial charge on any atom is -0.403 e. The fourth-order valence-electron chi connectivity index (χ4n) is 4.58. The van der Waals surface area contributed by atoms with Gasteiger partial charge in [-0.2, -0.15) is 0 Å². The zero-order chi connectivity index (χ0) is 21.0. The summed E-state index contributed by atoms with van der Waals surface area (Å²) in [6.07, 6.45) is 5.88. The smallest absolute Gasteiger partial charge is 0.403 e. The molecule has 3 rings (SSSR count). The van der Waals surface area contributed by atoms with Crippen molar-refractivity contribution in [1.82, 2.24) is 0 Å². The summed E-state index contributed by atoms with van der Waals surface area (Å²) in [6, 6.07) is 0. The molecule has 3 aliphatic rings. The molecule has 0 aromatic carbocycles. The predicted molar refractivity (Wildman–Crippen MR) is 113 cm³/mol. The molecule has 5 nitrogen and oxygen atoms in total. The highest BCUT2D eigenvalue weighted by atomic mass is 16.7. The molecule has 1 N–H and O–H groups in total. The minimum atomic E-state index is -0.478. The first kappa shape index (κ1) is 22.6. The topological polar surface area (TPSA) is 57.2 Å². The van der Waals surface area contributed by atoms with E-state index in [4.69, 9.17) is 18.6 Å². The van der Waals surface area contributed by atoms with Gasteiger partial charge in [-0.05, 0) is 80.5 Å². The van der Waals surface area contributed by atoms with Gasteiger partial charge in [0, 0.05) is 5.82 Å². The predicted octanol–water partition coefficient (Wildman–Crippen LogP) is 4.48. The van der Waals surface area contributed by atoms with Crippen LogP contribution in [0.3, 0.4) is 0 Å². The van der Waals surface area contributed by atoms with Crippen molar-refractivity contribution in [2.24, 2.45) is 5.92 Å². The fraction of sp³-hybridized carbons (Fsp3) is 1.00. The molecule has 160 valence electrons. The summed E-state index contributed by atoms with van der Waals surface area (Å²) in [5.74, 6) is 0.110. The maximum atomic E-state index is 11.4. The fourth-order valence-corrected chi connectivity index (χ4v) is 4.58. The molecule has 3 fully saturated rings. The third-order valence-electron chi connectivity index (χ3n) is 7.96. The van der Waals surface area contributed by atoms with E-state index >= 15 is 0 Å². The van der Waals surface area contributed by atoms with E-state index in [1.807, 2.05) is 0 Å². The summed E-state index contributed by atoms with van der Waals surface area (Å²) in [4.78, 5) is 0. The number of hydrogen-bond donors (Lipinski definition) is 1. The van der Waals surface area contributed by atoms with Gasteiger partial charge >= 0.3 is 14.2 Å². The molecule has 0 unspecified atom stereocenters. The van der Waals surface area contributed by atoms with Crippen molar-refractivity contribution >= 4 is 14.2 Å². The summed E-state index contributed by atoms with van der Waals surface area (Å²) in [5, 5.41) is 11.4. The molecule has 7 heteroatoms. The van der Waals surface area contributed by atoms with Crippen LogP contribution in [0.15, 0.2) is 0 Å². The average Bonchev–Trinajstić information content (AvgIpc) is 2.91. The van der Waals surface area contributed by atoms with Crippen molar-refractivity contribution in [3.63, 3.8) is 0 Å². The van der Waals surface area contributed by atoms with Gasteiger partial charge in [0.25, 0.3) is 0 Å². The standard InChI is InChI=1S/C21H40B2O5/c1-18(2)19(3,4)26-22(25-18)14-16(17(24)15-12-10-9-11-13-15)23-27-20(5,6)21(7,8)28-23/h15-17,24H,9-14H2,1-8H3/t16-,17+/m0/s1. The lowest BCUT2D eigenvalue weighted by Gasteiger charge is -2.33. The molecule has 2 saturated heterocycles. The van der Waals surface area contributed by atoms with Crippen LogP contribution in [0.5, 0.6) is 0 Å². The second kappa shape index (κ2) is 7.56. The third kappa shape index (κ3) is 4.20. The van der Waals surface area contributed by atoms with Gasteiger partial charge in [-0.1, -0.05) is 19.3 Å². The molecule has 1 saturated carbocycles. The van der Waals surface area contributed by atoms with E-state index in [1.54, 1.807) is 0 Å². The van der Waals surface area contributed by atoms with Crippen molar-refractivity contribution in [2.75, 3.05) is 0 Å². The van der Waals surface area contributed by atoms with Gasteiger partial charge in [-0.15, -0.1) is 0 Å². The van der Waals surface area contributed by atoms with Crippen LogP contribution in [0.1, 0.15) is 87.5 Å². The Balaban J connectivity index is 1.79. The van der Waals surface area contributed by atoms with Crippen molar-refractivity contribution < 1.29 is 23.7 Å². The second-order valence-electron chi connectivity index (χ2n) is 11.1. The molecule has 0 radical (unpaired) electrons. The average molecular weight is 394 g/mol. The summed E-state index contributed by atoms with van der Waals surface area (Å²) in [5.41, 5.74) is -1.60. The zero-order valence-electron chi connectivity index (χ0n) is 19.2. The molecule has 2 heterocycles. The van der Waals surface area contributed by atoms with Crippen LogP contribution in [0.2, 0.25) is 12.1 Å². The molecule has 0 bridgehead atoms. The van der Waals surface area contributed by atoms with Crippen LogP contribution in [0.4, 0.5) is 0 Å². The summed E-state index contributed by atoms with van der Waals surface area (Å²) < 4.78 is 25.2. The van der Waals surface area contributed by atoms with Crippen molar-refractivity contribution in [2.45, 2.75) is 128 Å². The SMILES string of the molecule is CC1(C)OB(C[C@H](B2OC(C)(C)C(C)(C)O2)[C@H](O)C2CCCCC2)OC1(C)C. The van der Waals surface area contributed by atoms with Crippen LogP contribution < -0.4 is 0 Å². The Hall–Kier alpha value is -0.0701. The highest BCUT2D eigenvalue weighted by Gasteiger charge is 2.58. The van der Waals surface area contributed by atoms with Gasteiger partial charge in [0.15, 0.2) is 0 Å². The largest absolute Gasteiger partial charge is 0.463 e. The molecular formula is C21H40B2O5. The van der Waals surface area contributed by atoms with E-state index < -0.39 is 24.4 Å². The first-order chi connectivity index (χ1) is 12.8. The number of aliphatic hydroxyl groups excluding tert-OH is 1. The Morgan fingerprint density at radius 2 is 1.18 bits per heavy atom. The third-order valence-corrected chi connectivity index (χ3v) is 7.96. The van der Waals surface area contributed by atoms with E-state index in [-0.39, 0.29) is 24.1 Å². The van der Waals surface area contributed by atoms with Gasteiger partial charge in [-0.25, -0.2) is 0 Å². The Kier molecular flexibility index (Phi) is 6.11. The van der Waals surface area contributed by atoms with Gasteiger partial charge in [0.2, 0.25) is 0 Å². The molecule has 2 aliphatic heterocycles. The van der Waals surface area contributed by atoms with Gasteiger partial charge < -0.3 is 23.7 Å². The second-order valence-corrected chi connectivity index (χ2v) is 11.1. The molecular weight excluding hydrogens is 354 g/mol. The lowest BCUT2D eigenvalue weighted by molar-refractivity contribution is 0.00578. The van der Waals surface area contributed by atoms with E-state index in [2.05, 4.69) is 55.4 Å². The van der Waals surface area contributed by atoms with Crippen LogP contribution in [0, 0.1) is 5.92 Å². The van der Waals surface area contributed by atoms with Gasteiger partial charge in [-0.3, -0.25) is 0 Å². The quantitative estimate of drug-likeness (QED) is 0.697. The van der Waals surface area contributed by atoms with E-state index in [0.717, 1.165) is 12.8 Å². The normalized spacial score (nSPS) is 31.2. The number of hydrogen-bond acceptors (Lipinski definition) is 5. The monoisotopic (exact) mass is 394 g/mol. The van der Waals surface area contributed by atoms with Crippen LogP contribution in [0.25, 0.3) is 0 Å². The van der Waals surface area contributed by atoms with Crippen LogP contribution in [-0.2, 0) is 18.6 Å². The minimum absolute atomic E-state index is 0.182. The summed E-state index contributed by atoms with van der Waals surface area (Å²) >= 11 is 0. The highest BCUT2D eigenvalue weighted by Crippen LogP contribution is 2.47. The summed E-state index contributed by atoms with van der Waals surface area (Å²) in [7, 11) is -0.826. The Morgan fingerprint density at radius 3 is 1.64 bits per heavy atom. The molecule has 0 amide bonds. The molecule has 0 spiro atoms. The van der Waals surface area contributed by atoms with Crippen LogP contribution in [-0.4, -0.2) is 47.9 Å². The number of rotatable bonds is 5. The Bertz CT molecular complexity index is 525. The van der Waals surface area contributed by atoms with E-state index in [1.165, 1.54) is 19.3 Å². The zero-order valence-corrected chi connectivity index (χ0v) is 19.2. The maximum Gasteiger partial charge on any atom is 0.463 e. The van der Waals surface area contributed by atoms with Crippen LogP contribution >= 0.6 is 0 Å². The Morgan fingerprint density at radius 1 is 0.750 bits per heavy atom.